The number of ketones is 1. The second-order valence-electron chi connectivity index (χ2n) is 11.8. The van der Waals surface area contributed by atoms with Gasteiger partial charge in [-0.05, 0) is 6.92 Å². The minimum Gasteiger partial charge on any atom is -0.462 e. The number of Topliss-reactive ketones (excluding diaryl/α,β-unsaturated/α-hetero) is 1. The number of ether oxygens (including phenoxy) is 4. The summed E-state index contributed by atoms with van der Waals surface area (Å²) in [5, 5.41) is 39.9. The van der Waals surface area contributed by atoms with E-state index in [4.69, 9.17) is 18.9 Å². The molecule has 1 saturated heterocycles. The highest BCUT2D eigenvalue weighted by atomic mass is 32.2. The minimum absolute atomic E-state index is 0.00921. The molecule has 0 aromatic heterocycles. The number of aliphatic hydroxyl groups is 3. The Balaban J connectivity index is 2.76. The lowest BCUT2D eigenvalue weighted by atomic mass is 9.97. The Hall–Kier alpha value is -3.89. The van der Waals surface area contributed by atoms with Gasteiger partial charge in [-0.15, -0.1) is 0 Å². The van der Waals surface area contributed by atoms with Gasteiger partial charge in [0.2, 0.25) is 29.5 Å². The van der Waals surface area contributed by atoms with Crippen LogP contribution in [0.2, 0.25) is 0 Å². The fourth-order valence-corrected chi connectivity index (χ4v) is 5.72. The van der Waals surface area contributed by atoms with Gasteiger partial charge in [0.25, 0.3) is 0 Å². The zero-order chi connectivity index (χ0) is 40.2. The molecule has 1 aliphatic rings. The number of hydrogen-bond donors (Lipinski definition) is 7. The minimum atomic E-state index is -1.60. The van der Waals surface area contributed by atoms with E-state index in [9.17, 15) is 53.7 Å². The van der Waals surface area contributed by atoms with Crippen molar-refractivity contribution in [2.75, 3.05) is 37.9 Å². The molecule has 7 N–H and O–H groups in total. The molecule has 1 heterocycles. The zero-order valence-corrected chi connectivity index (χ0v) is 31.6. The summed E-state index contributed by atoms with van der Waals surface area (Å²) in [6.07, 6.45) is -8.25. The molecule has 1 rings (SSSR count). The second-order valence-corrected chi connectivity index (χ2v) is 12.9. The summed E-state index contributed by atoms with van der Waals surface area (Å²) < 4.78 is 21.6. The third-order valence-electron chi connectivity index (χ3n) is 7.58. The second kappa shape index (κ2) is 24.4. The molecule has 5 amide bonds. The number of aliphatic hydroxyl groups excluding tert-OH is 3. The van der Waals surface area contributed by atoms with Gasteiger partial charge in [0.05, 0.1) is 25.7 Å². The predicted octanol–water partition coefficient (Wildman–Crippen LogP) is -2.81. The van der Waals surface area contributed by atoms with Gasteiger partial charge in [-0.1, -0.05) is 20.8 Å². The quantitative estimate of drug-likeness (QED) is 0.0313. The first kappa shape index (κ1) is 47.1. The first-order chi connectivity index (χ1) is 25.0. The van der Waals surface area contributed by atoms with Crippen molar-refractivity contribution in [2.24, 2.45) is 0 Å². The molecule has 0 aromatic carbocycles. The maximum absolute atomic E-state index is 13.0. The van der Waals surface area contributed by atoms with Crippen LogP contribution in [0.3, 0.4) is 0 Å². The van der Waals surface area contributed by atoms with E-state index >= 15 is 0 Å². The van der Waals surface area contributed by atoms with E-state index in [1.165, 1.54) is 6.92 Å². The number of carbonyl (C=O) groups excluding carboxylic acids is 8. The van der Waals surface area contributed by atoms with E-state index in [-0.39, 0.29) is 37.4 Å². The molecule has 8 atom stereocenters. The maximum Gasteiger partial charge on any atom is 0.305 e. The highest BCUT2D eigenvalue weighted by Crippen LogP contribution is 2.24. The number of carbonyl (C=O) groups is 8. The summed E-state index contributed by atoms with van der Waals surface area (Å²) in [5.74, 6) is -4.69. The van der Waals surface area contributed by atoms with Crippen LogP contribution in [-0.2, 0) is 57.3 Å². The number of rotatable bonds is 23. The van der Waals surface area contributed by atoms with E-state index in [1.54, 1.807) is 20.8 Å². The molecule has 302 valence electrons. The summed E-state index contributed by atoms with van der Waals surface area (Å²) in [4.78, 5) is 98.9. The molecule has 0 radical (unpaired) electrons. The SMILES string of the molecule is CCC(=O)N[C@@H](CSC[C@H](COC(=O)CC)OC(=O)CC)C(=O)CC(=O)NCNC(=O)CN(C(C)=O)[C@H](C)O[C@H]1OC(CO)[C@H](O)[C@H](O)C1NC(C)=O. The monoisotopic (exact) mass is 779 g/mol. The normalized spacial score (nSPS) is 21.2. The molecular weight excluding hydrogens is 726 g/mol. The highest BCUT2D eigenvalue weighted by molar-refractivity contribution is 7.99. The molecule has 0 bridgehead atoms. The summed E-state index contributed by atoms with van der Waals surface area (Å²) in [6, 6.07) is -2.38. The molecule has 2 unspecified atom stereocenters. The average Bonchev–Trinajstić information content (AvgIpc) is 3.10. The molecule has 0 saturated carbocycles. The third kappa shape index (κ3) is 17.2. The van der Waals surface area contributed by atoms with E-state index in [2.05, 4.69) is 21.3 Å². The van der Waals surface area contributed by atoms with Crippen LogP contribution in [0.15, 0.2) is 0 Å². The molecule has 0 aliphatic carbocycles. The smallest absolute Gasteiger partial charge is 0.305 e. The fourth-order valence-electron chi connectivity index (χ4n) is 4.65. The van der Waals surface area contributed by atoms with Crippen LogP contribution in [0.25, 0.3) is 0 Å². The first-order valence-corrected chi connectivity index (χ1v) is 18.2. The van der Waals surface area contributed by atoms with Gasteiger partial charge in [0.1, 0.15) is 49.8 Å². The van der Waals surface area contributed by atoms with Gasteiger partial charge in [0.15, 0.2) is 12.1 Å². The Morgan fingerprint density at radius 3 is 2.08 bits per heavy atom. The van der Waals surface area contributed by atoms with Gasteiger partial charge >= 0.3 is 11.9 Å². The van der Waals surface area contributed by atoms with E-state index in [1.807, 2.05) is 0 Å². The lowest BCUT2D eigenvalue weighted by Gasteiger charge is -2.43. The largest absolute Gasteiger partial charge is 0.462 e. The van der Waals surface area contributed by atoms with Crippen LogP contribution in [0.1, 0.15) is 67.2 Å². The van der Waals surface area contributed by atoms with Gasteiger partial charge in [-0.25, -0.2) is 0 Å². The molecule has 21 heteroatoms. The summed E-state index contributed by atoms with van der Waals surface area (Å²) in [5.41, 5.74) is 0. The van der Waals surface area contributed by atoms with Crippen molar-refractivity contribution in [3.63, 3.8) is 0 Å². The van der Waals surface area contributed by atoms with Crippen LogP contribution in [0, 0.1) is 0 Å². The van der Waals surface area contributed by atoms with Crippen molar-refractivity contribution in [3.05, 3.63) is 0 Å². The van der Waals surface area contributed by atoms with E-state index in [0.29, 0.717) is 0 Å². The van der Waals surface area contributed by atoms with Crippen molar-refractivity contribution < 1.29 is 72.6 Å². The number of esters is 2. The van der Waals surface area contributed by atoms with Crippen LogP contribution < -0.4 is 21.3 Å². The van der Waals surface area contributed by atoms with Gasteiger partial charge < -0.3 is 60.4 Å². The Labute approximate surface area is 311 Å². The first-order valence-electron chi connectivity index (χ1n) is 17.1. The number of thioether (sulfide) groups is 1. The van der Waals surface area contributed by atoms with Gasteiger partial charge in [-0.3, -0.25) is 38.4 Å². The molecule has 0 spiro atoms. The Kier molecular flexibility index (Phi) is 21.7. The van der Waals surface area contributed by atoms with Crippen molar-refractivity contribution in [3.8, 4) is 0 Å². The maximum atomic E-state index is 13.0. The topological polar surface area (TPSA) is 286 Å². The number of nitrogens with zero attached hydrogens (tertiary/aromatic N) is 1. The molecule has 53 heavy (non-hydrogen) atoms. The zero-order valence-electron chi connectivity index (χ0n) is 30.8. The standard InChI is InChI=1S/C32H53N5O15S/c1-7-24(42)36-21(15-53-14-20(51-28(46)9-3)13-49-27(45)8-2)22(41)10-25(43)33-16-34-26(44)11-37(18(5)40)19(6)50-32-29(35-17(4)39)31(48)30(47)23(12-38)52-32/h19-21,23,29-32,38,47-48H,7-16H2,1-6H3,(H,33,43)(H,34,44)(H,35,39)(H,36,42)/t19-,20-,21-,23?,29?,30-,31+,32-/m0/s1. The van der Waals surface area contributed by atoms with Crippen molar-refractivity contribution in [2.45, 2.75) is 116 Å². The number of hydrogen-bond acceptors (Lipinski definition) is 16. The highest BCUT2D eigenvalue weighted by Gasteiger charge is 2.46. The fraction of sp³-hybridized carbons (Fsp3) is 0.750. The number of amides is 5. The van der Waals surface area contributed by atoms with Gasteiger partial charge in [-0.2, -0.15) is 11.8 Å². The molecular formula is C32H53N5O15S. The van der Waals surface area contributed by atoms with Crippen molar-refractivity contribution in [1.29, 1.82) is 0 Å². The van der Waals surface area contributed by atoms with Crippen LogP contribution in [0.5, 0.6) is 0 Å². The number of nitrogens with one attached hydrogen (secondary N) is 4. The average molecular weight is 780 g/mol. The molecule has 1 fully saturated rings. The summed E-state index contributed by atoms with van der Waals surface area (Å²) >= 11 is 1.14. The molecule has 0 aromatic rings. The molecule has 1 aliphatic heterocycles. The lowest BCUT2D eigenvalue weighted by Crippen LogP contribution is -2.65. The molecule has 20 nitrogen and oxygen atoms in total. The lowest BCUT2D eigenvalue weighted by molar-refractivity contribution is -0.291. The summed E-state index contributed by atoms with van der Waals surface area (Å²) in [6.45, 7) is 6.57. The van der Waals surface area contributed by atoms with Crippen molar-refractivity contribution >= 4 is 59.0 Å². The third-order valence-corrected chi connectivity index (χ3v) is 8.76. The van der Waals surface area contributed by atoms with Crippen LogP contribution >= 0.6 is 11.8 Å². The van der Waals surface area contributed by atoms with Crippen molar-refractivity contribution in [1.82, 2.24) is 26.2 Å². The van der Waals surface area contributed by atoms with E-state index < -0.39 is 123 Å². The Bertz CT molecular complexity index is 1270. The van der Waals surface area contributed by atoms with E-state index in [0.717, 1.165) is 30.5 Å². The van der Waals surface area contributed by atoms with Gasteiger partial charge in [0, 0.05) is 44.6 Å². The Morgan fingerprint density at radius 2 is 1.51 bits per heavy atom. The summed E-state index contributed by atoms with van der Waals surface area (Å²) in [7, 11) is 0. The Morgan fingerprint density at radius 1 is 0.868 bits per heavy atom. The van der Waals surface area contributed by atoms with Crippen LogP contribution in [0.4, 0.5) is 0 Å². The van der Waals surface area contributed by atoms with Crippen LogP contribution in [-0.4, -0.2) is 154 Å². The predicted molar refractivity (Wildman–Crippen MR) is 185 cm³/mol.